The zero-order valence-electron chi connectivity index (χ0n) is 16.2. The number of amides is 1. The Morgan fingerprint density at radius 2 is 1.86 bits per heavy atom. The van der Waals surface area contributed by atoms with Crippen LogP contribution >= 0.6 is 0 Å². The second-order valence-corrected chi connectivity index (χ2v) is 6.17. The number of benzene rings is 2. The highest BCUT2D eigenvalue weighted by molar-refractivity contribution is 6.02. The van der Waals surface area contributed by atoms with E-state index in [0.717, 1.165) is 12.0 Å². The number of ether oxygens (including phenoxy) is 4. The van der Waals surface area contributed by atoms with E-state index in [1.165, 1.54) is 6.08 Å². The smallest absolute Gasteiger partial charge is 0.248 e. The third-order valence-corrected chi connectivity index (χ3v) is 3.97. The number of fused-ring (bicyclic) bond motifs is 1. The van der Waals surface area contributed by atoms with Crippen LogP contribution in [0, 0.1) is 0 Å². The molecule has 0 saturated carbocycles. The monoisotopic (exact) mass is 383 g/mol. The van der Waals surface area contributed by atoms with Gasteiger partial charge in [-0.05, 0) is 49.2 Å². The van der Waals surface area contributed by atoms with Crippen molar-refractivity contribution in [1.29, 1.82) is 0 Å². The highest BCUT2D eigenvalue weighted by atomic mass is 16.6. The molecular formula is C22H25NO5. The van der Waals surface area contributed by atoms with Crippen LogP contribution in [0.2, 0.25) is 0 Å². The van der Waals surface area contributed by atoms with Gasteiger partial charge < -0.3 is 24.3 Å². The van der Waals surface area contributed by atoms with Crippen molar-refractivity contribution in [3.8, 4) is 23.0 Å². The van der Waals surface area contributed by atoms with E-state index >= 15 is 0 Å². The van der Waals surface area contributed by atoms with Gasteiger partial charge in [-0.15, -0.1) is 0 Å². The molecule has 0 radical (unpaired) electrons. The van der Waals surface area contributed by atoms with Gasteiger partial charge in [0.25, 0.3) is 0 Å². The first kappa shape index (κ1) is 19.6. The van der Waals surface area contributed by atoms with Crippen LogP contribution in [0.1, 0.15) is 25.8 Å². The average Bonchev–Trinajstić information content (AvgIpc) is 2.72. The number of anilines is 1. The summed E-state index contributed by atoms with van der Waals surface area (Å²) in [7, 11) is 0. The van der Waals surface area contributed by atoms with Crippen LogP contribution in [0.5, 0.6) is 23.0 Å². The molecule has 0 aliphatic carbocycles. The van der Waals surface area contributed by atoms with Crippen molar-refractivity contribution in [3.05, 3.63) is 48.0 Å². The number of nitrogens with one attached hydrogen (secondary N) is 1. The fourth-order valence-corrected chi connectivity index (χ4v) is 2.70. The summed E-state index contributed by atoms with van der Waals surface area (Å²) in [6, 6.07) is 10.9. The van der Waals surface area contributed by atoms with Gasteiger partial charge in [-0.3, -0.25) is 4.79 Å². The van der Waals surface area contributed by atoms with E-state index in [1.807, 2.05) is 25.1 Å². The Labute approximate surface area is 165 Å². The molecule has 6 nitrogen and oxygen atoms in total. The van der Waals surface area contributed by atoms with E-state index in [4.69, 9.17) is 18.9 Å². The SMILES string of the molecule is CCCOc1ccc(/C=C/C(=O)Nc2ccc3c(c2)OCCO3)cc1OCC. The molecule has 2 aromatic rings. The Balaban J connectivity index is 1.65. The van der Waals surface area contributed by atoms with Gasteiger partial charge in [0.1, 0.15) is 13.2 Å². The quantitative estimate of drug-likeness (QED) is 0.689. The highest BCUT2D eigenvalue weighted by Crippen LogP contribution is 2.32. The predicted molar refractivity (Wildman–Crippen MR) is 108 cm³/mol. The minimum Gasteiger partial charge on any atom is -0.490 e. The summed E-state index contributed by atoms with van der Waals surface area (Å²) in [5, 5.41) is 2.82. The first-order valence-corrected chi connectivity index (χ1v) is 9.48. The maximum Gasteiger partial charge on any atom is 0.248 e. The third-order valence-electron chi connectivity index (χ3n) is 3.97. The molecule has 3 rings (SSSR count). The maximum absolute atomic E-state index is 12.2. The fraction of sp³-hybridized carbons (Fsp3) is 0.318. The average molecular weight is 383 g/mol. The molecule has 1 aliphatic rings. The van der Waals surface area contributed by atoms with Crippen molar-refractivity contribution in [2.24, 2.45) is 0 Å². The van der Waals surface area contributed by atoms with Crippen molar-refractivity contribution < 1.29 is 23.7 Å². The summed E-state index contributed by atoms with van der Waals surface area (Å²) < 4.78 is 22.3. The van der Waals surface area contributed by atoms with E-state index in [2.05, 4.69) is 12.2 Å². The molecule has 2 aromatic carbocycles. The molecule has 1 aliphatic heterocycles. The van der Waals surface area contributed by atoms with Crippen molar-refractivity contribution in [3.63, 3.8) is 0 Å². The Bertz CT molecular complexity index is 847. The van der Waals surface area contributed by atoms with Crippen molar-refractivity contribution in [2.45, 2.75) is 20.3 Å². The van der Waals surface area contributed by atoms with E-state index < -0.39 is 0 Å². The van der Waals surface area contributed by atoms with Gasteiger partial charge in [-0.25, -0.2) is 0 Å². The molecular weight excluding hydrogens is 358 g/mol. The molecule has 28 heavy (non-hydrogen) atoms. The lowest BCUT2D eigenvalue weighted by molar-refractivity contribution is -0.111. The summed E-state index contributed by atoms with van der Waals surface area (Å²) in [5.41, 5.74) is 1.50. The van der Waals surface area contributed by atoms with Crippen molar-refractivity contribution in [1.82, 2.24) is 0 Å². The molecule has 1 heterocycles. The number of hydrogen-bond acceptors (Lipinski definition) is 5. The molecule has 0 bridgehead atoms. The summed E-state index contributed by atoms with van der Waals surface area (Å²) in [4.78, 5) is 12.2. The van der Waals surface area contributed by atoms with Crippen molar-refractivity contribution in [2.75, 3.05) is 31.7 Å². The molecule has 0 fully saturated rings. The normalized spacial score (nSPS) is 12.6. The van der Waals surface area contributed by atoms with Gasteiger partial charge in [0, 0.05) is 17.8 Å². The predicted octanol–water partition coefficient (Wildman–Crippen LogP) is 4.30. The Morgan fingerprint density at radius 3 is 2.64 bits per heavy atom. The molecule has 1 amide bonds. The number of rotatable bonds is 8. The second kappa shape index (κ2) is 9.69. The first-order valence-electron chi connectivity index (χ1n) is 9.48. The summed E-state index contributed by atoms with van der Waals surface area (Å²) in [6.45, 7) is 6.19. The molecule has 0 atom stereocenters. The molecule has 6 heteroatoms. The van der Waals surface area contributed by atoms with Gasteiger partial charge in [0.15, 0.2) is 23.0 Å². The minimum absolute atomic E-state index is 0.235. The van der Waals surface area contributed by atoms with Crippen LogP contribution in [0.3, 0.4) is 0 Å². The van der Waals surface area contributed by atoms with Gasteiger partial charge in [0.05, 0.1) is 13.2 Å². The van der Waals surface area contributed by atoms with Crippen LogP contribution in [0.25, 0.3) is 6.08 Å². The zero-order valence-corrected chi connectivity index (χ0v) is 16.2. The van der Waals surface area contributed by atoms with Crippen LogP contribution in [0.15, 0.2) is 42.5 Å². The number of carbonyl (C=O) groups is 1. The highest BCUT2D eigenvalue weighted by Gasteiger charge is 2.12. The fourth-order valence-electron chi connectivity index (χ4n) is 2.70. The molecule has 0 saturated heterocycles. The maximum atomic E-state index is 12.2. The number of hydrogen-bond donors (Lipinski definition) is 1. The van der Waals surface area contributed by atoms with Crippen LogP contribution in [-0.4, -0.2) is 32.3 Å². The zero-order chi connectivity index (χ0) is 19.8. The van der Waals surface area contributed by atoms with Crippen LogP contribution in [-0.2, 0) is 4.79 Å². The lowest BCUT2D eigenvalue weighted by Gasteiger charge is -2.18. The van der Waals surface area contributed by atoms with Gasteiger partial charge >= 0.3 is 0 Å². The number of carbonyl (C=O) groups excluding carboxylic acids is 1. The molecule has 0 spiro atoms. The van der Waals surface area contributed by atoms with Gasteiger partial charge in [-0.1, -0.05) is 13.0 Å². The molecule has 1 N–H and O–H groups in total. The van der Waals surface area contributed by atoms with E-state index in [0.29, 0.717) is 55.1 Å². The standard InChI is InChI=1S/C22H25NO5/c1-3-11-26-18-8-5-16(14-20(18)25-4-2)6-10-22(24)23-17-7-9-19-21(15-17)28-13-12-27-19/h5-10,14-15H,3-4,11-13H2,1-2H3,(H,23,24)/b10-6+. The van der Waals surface area contributed by atoms with Crippen LogP contribution in [0.4, 0.5) is 5.69 Å². The largest absolute Gasteiger partial charge is 0.490 e. The lowest BCUT2D eigenvalue weighted by Crippen LogP contribution is -2.16. The Kier molecular flexibility index (Phi) is 6.78. The van der Waals surface area contributed by atoms with E-state index in [9.17, 15) is 4.79 Å². The minimum atomic E-state index is -0.235. The Morgan fingerprint density at radius 1 is 1.04 bits per heavy atom. The summed E-state index contributed by atoms with van der Waals surface area (Å²) >= 11 is 0. The van der Waals surface area contributed by atoms with Gasteiger partial charge in [0.2, 0.25) is 5.91 Å². The van der Waals surface area contributed by atoms with Crippen LogP contribution < -0.4 is 24.3 Å². The van der Waals surface area contributed by atoms with Gasteiger partial charge in [-0.2, -0.15) is 0 Å². The summed E-state index contributed by atoms with van der Waals surface area (Å²) in [5.74, 6) is 2.47. The van der Waals surface area contributed by atoms with Crippen molar-refractivity contribution >= 4 is 17.7 Å². The first-order chi connectivity index (χ1) is 13.7. The second-order valence-electron chi connectivity index (χ2n) is 6.17. The molecule has 0 aromatic heterocycles. The topological polar surface area (TPSA) is 66.0 Å². The summed E-state index contributed by atoms with van der Waals surface area (Å²) in [6.07, 6.45) is 4.14. The third kappa shape index (κ3) is 5.19. The molecule has 148 valence electrons. The Hall–Kier alpha value is -3.15. The van der Waals surface area contributed by atoms with E-state index in [1.54, 1.807) is 24.3 Å². The molecule has 0 unspecified atom stereocenters. The van der Waals surface area contributed by atoms with E-state index in [-0.39, 0.29) is 5.91 Å². The lowest BCUT2D eigenvalue weighted by atomic mass is 10.2.